The third-order valence-electron chi connectivity index (χ3n) is 3.51. The normalized spacial score (nSPS) is 10.9. The van der Waals surface area contributed by atoms with Crippen molar-refractivity contribution in [2.24, 2.45) is 0 Å². The van der Waals surface area contributed by atoms with Gasteiger partial charge >= 0.3 is 0 Å². The van der Waals surface area contributed by atoms with Gasteiger partial charge in [0.2, 0.25) is 11.8 Å². The van der Waals surface area contributed by atoms with Crippen LogP contribution >= 0.6 is 24.4 Å². The number of benzene rings is 1. The van der Waals surface area contributed by atoms with Gasteiger partial charge in [0.05, 0.1) is 0 Å². The van der Waals surface area contributed by atoms with Crippen LogP contribution in [0.15, 0.2) is 66.8 Å². The maximum absolute atomic E-state index is 12.1. The fraction of sp³-hybridized carbons (Fsp3) is 0.200. The summed E-state index contributed by atoms with van der Waals surface area (Å²) in [6.07, 6.45) is 6.60. The summed E-state index contributed by atoms with van der Waals surface area (Å²) in [6, 6.07) is 9.27. The Kier molecular flexibility index (Phi) is 9.76. The molecule has 0 aromatic heterocycles. The second-order valence-corrected chi connectivity index (χ2v) is 6.45. The standard InChI is InChI=1S/C20H24N4O2S2/c1-5-7-11-15(6-2)19(27)23(3)21-17(25)14-18(26)22-24(4)20(28)16-12-9-8-10-13-16/h5-13H,1,14H2,2-4H3,(H,21,25)(H,22,26)/b11-7-,15-6+. The molecule has 8 heteroatoms. The number of hydrazine groups is 2. The van der Waals surface area contributed by atoms with E-state index in [1.807, 2.05) is 43.3 Å². The van der Waals surface area contributed by atoms with Gasteiger partial charge < -0.3 is 0 Å². The number of carbonyl (C=O) groups excluding carboxylic acids is 2. The van der Waals surface area contributed by atoms with Gasteiger partial charge in [-0.3, -0.25) is 30.5 Å². The summed E-state index contributed by atoms with van der Waals surface area (Å²) in [5, 5.41) is 2.80. The number of carbonyl (C=O) groups is 2. The molecule has 0 atom stereocenters. The van der Waals surface area contributed by atoms with E-state index in [1.165, 1.54) is 10.0 Å². The summed E-state index contributed by atoms with van der Waals surface area (Å²) >= 11 is 10.7. The molecule has 0 aliphatic rings. The average Bonchev–Trinajstić information content (AvgIpc) is 2.67. The molecule has 1 aromatic carbocycles. The van der Waals surface area contributed by atoms with Gasteiger partial charge in [0.1, 0.15) is 16.4 Å². The van der Waals surface area contributed by atoms with Crippen molar-refractivity contribution < 1.29 is 9.59 Å². The largest absolute Gasteiger partial charge is 0.277 e. The third kappa shape index (κ3) is 7.42. The predicted molar refractivity (Wildman–Crippen MR) is 120 cm³/mol. The van der Waals surface area contributed by atoms with Crippen LogP contribution in [0.25, 0.3) is 0 Å². The zero-order valence-electron chi connectivity index (χ0n) is 16.1. The van der Waals surface area contributed by atoms with E-state index in [0.717, 1.165) is 11.1 Å². The van der Waals surface area contributed by atoms with Crippen molar-refractivity contribution >= 4 is 46.2 Å². The molecule has 0 saturated heterocycles. The second kappa shape index (κ2) is 11.8. The quantitative estimate of drug-likeness (QED) is 0.244. The highest BCUT2D eigenvalue weighted by molar-refractivity contribution is 7.81. The lowest BCUT2D eigenvalue weighted by Gasteiger charge is -2.23. The van der Waals surface area contributed by atoms with Crippen LogP contribution in [0.5, 0.6) is 0 Å². The molecule has 1 aromatic rings. The fourth-order valence-electron chi connectivity index (χ4n) is 2.13. The lowest BCUT2D eigenvalue weighted by Crippen LogP contribution is -2.47. The van der Waals surface area contributed by atoms with Crippen LogP contribution in [0, 0.1) is 0 Å². The summed E-state index contributed by atoms with van der Waals surface area (Å²) in [7, 11) is 3.23. The molecular formula is C20H24N4O2S2. The Bertz CT molecular complexity index is 804. The Morgan fingerprint density at radius 3 is 2.18 bits per heavy atom. The highest BCUT2D eigenvalue weighted by Gasteiger charge is 2.16. The van der Waals surface area contributed by atoms with Crippen molar-refractivity contribution in [3.63, 3.8) is 0 Å². The molecule has 0 unspecified atom stereocenters. The molecule has 0 fully saturated rings. The van der Waals surface area contributed by atoms with E-state index in [9.17, 15) is 9.59 Å². The van der Waals surface area contributed by atoms with Gasteiger partial charge in [-0.2, -0.15) is 0 Å². The Morgan fingerprint density at radius 2 is 1.64 bits per heavy atom. The predicted octanol–water partition coefficient (Wildman–Crippen LogP) is 2.69. The molecule has 2 amide bonds. The third-order valence-corrected chi connectivity index (χ3v) is 4.52. The van der Waals surface area contributed by atoms with Crippen LogP contribution in [0.1, 0.15) is 18.9 Å². The molecule has 2 N–H and O–H groups in total. The van der Waals surface area contributed by atoms with E-state index in [1.54, 1.807) is 32.3 Å². The monoisotopic (exact) mass is 416 g/mol. The van der Waals surface area contributed by atoms with Gasteiger partial charge in [0.15, 0.2) is 0 Å². The minimum atomic E-state index is -0.496. The molecule has 0 radical (unpaired) electrons. The van der Waals surface area contributed by atoms with Gasteiger partial charge in [-0.1, -0.05) is 85.7 Å². The van der Waals surface area contributed by atoms with Gasteiger partial charge in [-0.25, -0.2) is 0 Å². The lowest BCUT2D eigenvalue weighted by atomic mass is 10.2. The van der Waals surface area contributed by atoms with Crippen molar-refractivity contribution in [3.05, 3.63) is 72.4 Å². The molecule has 0 saturated carbocycles. The number of nitrogens with one attached hydrogen (secondary N) is 2. The topological polar surface area (TPSA) is 64.7 Å². The number of allylic oxidation sites excluding steroid dienone is 3. The SMILES string of the molecule is C=C/C=C\C(=C/C)C(=S)N(C)NC(=O)CC(=O)NN(C)C(=S)c1ccccc1. The molecule has 28 heavy (non-hydrogen) atoms. The van der Waals surface area contributed by atoms with Crippen LogP contribution < -0.4 is 10.9 Å². The first-order valence-electron chi connectivity index (χ1n) is 8.45. The molecule has 0 aliphatic heterocycles. The van der Waals surface area contributed by atoms with Crippen LogP contribution in [-0.2, 0) is 9.59 Å². The molecular weight excluding hydrogens is 392 g/mol. The summed E-state index contributed by atoms with van der Waals surface area (Å²) < 4.78 is 0. The maximum atomic E-state index is 12.1. The number of rotatable bonds is 6. The zero-order chi connectivity index (χ0) is 21.1. The Hall–Kier alpha value is -2.84. The van der Waals surface area contributed by atoms with Gasteiger partial charge in [-0.05, 0) is 6.92 Å². The van der Waals surface area contributed by atoms with E-state index >= 15 is 0 Å². The van der Waals surface area contributed by atoms with Crippen molar-refractivity contribution in [3.8, 4) is 0 Å². The molecule has 0 heterocycles. The van der Waals surface area contributed by atoms with Gasteiger partial charge in [0.25, 0.3) is 0 Å². The minimum absolute atomic E-state index is 0.373. The maximum Gasteiger partial charge on any atom is 0.248 e. The van der Waals surface area contributed by atoms with E-state index in [-0.39, 0.29) is 6.42 Å². The van der Waals surface area contributed by atoms with Crippen molar-refractivity contribution in [1.82, 2.24) is 20.9 Å². The number of hydrogen-bond donors (Lipinski definition) is 2. The minimum Gasteiger partial charge on any atom is -0.277 e. The fourth-order valence-corrected chi connectivity index (χ4v) is 2.54. The summed E-state index contributed by atoms with van der Waals surface area (Å²) in [5.74, 6) is -0.986. The first kappa shape index (κ1) is 23.2. The van der Waals surface area contributed by atoms with Crippen LogP contribution in [0.4, 0.5) is 0 Å². The summed E-state index contributed by atoms with van der Waals surface area (Å²) in [6.45, 7) is 5.45. The molecule has 148 valence electrons. The molecule has 1 rings (SSSR count). The smallest absolute Gasteiger partial charge is 0.248 e. The Balaban J connectivity index is 2.56. The first-order chi connectivity index (χ1) is 13.3. The van der Waals surface area contributed by atoms with Crippen LogP contribution in [-0.4, -0.2) is 45.9 Å². The second-order valence-electron chi connectivity index (χ2n) is 5.68. The van der Waals surface area contributed by atoms with E-state index in [2.05, 4.69) is 17.4 Å². The number of hydrogen-bond acceptors (Lipinski definition) is 4. The average molecular weight is 417 g/mol. The van der Waals surface area contributed by atoms with Crippen LogP contribution in [0.2, 0.25) is 0 Å². The van der Waals surface area contributed by atoms with Gasteiger partial charge in [0, 0.05) is 25.2 Å². The Labute approximate surface area is 176 Å². The number of thiocarbonyl (C=S) groups is 2. The zero-order valence-corrected chi connectivity index (χ0v) is 17.8. The van der Waals surface area contributed by atoms with E-state index in [4.69, 9.17) is 24.4 Å². The molecule has 0 spiro atoms. The summed E-state index contributed by atoms with van der Waals surface area (Å²) in [5.41, 5.74) is 6.70. The number of nitrogens with zero attached hydrogens (tertiary/aromatic N) is 2. The van der Waals surface area contributed by atoms with Crippen molar-refractivity contribution in [2.75, 3.05) is 14.1 Å². The highest BCUT2D eigenvalue weighted by Crippen LogP contribution is 2.05. The van der Waals surface area contributed by atoms with Gasteiger partial charge in [-0.15, -0.1) is 0 Å². The lowest BCUT2D eigenvalue weighted by molar-refractivity contribution is -0.132. The van der Waals surface area contributed by atoms with Crippen LogP contribution in [0.3, 0.4) is 0 Å². The highest BCUT2D eigenvalue weighted by atomic mass is 32.1. The number of likely N-dealkylation sites (N-methyl/N-ethyl adjacent to an activating group) is 1. The molecule has 6 nitrogen and oxygen atoms in total. The Morgan fingerprint density at radius 1 is 1.07 bits per heavy atom. The van der Waals surface area contributed by atoms with E-state index < -0.39 is 11.8 Å². The first-order valence-corrected chi connectivity index (χ1v) is 9.27. The number of amides is 2. The summed E-state index contributed by atoms with van der Waals surface area (Å²) in [4.78, 5) is 25.1. The molecule has 0 aliphatic carbocycles. The molecule has 0 bridgehead atoms. The van der Waals surface area contributed by atoms with E-state index in [0.29, 0.717) is 9.98 Å². The van der Waals surface area contributed by atoms with Crippen molar-refractivity contribution in [2.45, 2.75) is 13.3 Å². The van der Waals surface area contributed by atoms with Crippen molar-refractivity contribution in [1.29, 1.82) is 0 Å².